The highest BCUT2D eigenvalue weighted by Gasteiger charge is 2.21. The third-order valence-corrected chi connectivity index (χ3v) is 6.33. The molecule has 0 atom stereocenters. The summed E-state index contributed by atoms with van der Waals surface area (Å²) in [4.78, 5) is 23.1. The number of hydrogen-bond acceptors (Lipinski definition) is 5. The summed E-state index contributed by atoms with van der Waals surface area (Å²) in [7, 11) is -2.10. The number of amides is 1. The molecular weight excluding hydrogens is 368 g/mol. The van der Waals surface area contributed by atoms with Crippen LogP contribution in [-0.2, 0) is 30.8 Å². The van der Waals surface area contributed by atoms with Gasteiger partial charge in [-0.05, 0) is 37.0 Å². The standard InChI is InChI=1S/C19H30N2O5S/c1-4-21(5-2)27(24,25)17-12-9-16(10-13-17)11-14-18(22)20-15-7-6-8-19(23)26-3/h9-10,12-13H,4-8,11,14-15H2,1-3H3,(H,20,22). The van der Waals surface area contributed by atoms with Gasteiger partial charge in [-0.1, -0.05) is 26.0 Å². The normalized spacial score (nSPS) is 11.4. The largest absolute Gasteiger partial charge is 0.469 e. The second-order valence-corrected chi connectivity index (χ2v) is 8.05. The van der Waals surface area contributed by atoms with Gasteiger partial charge in [-0.3, -0.25) is 9.59 Å². The van der Waals surface area contributed by atoms with Crippen molar-refractivity contribution in [2.45, 2.75) is 50.8 Å². The van der Waals surface area contributed by atoms with Gasteiger partial charge in [-0.15, -0.1) is 0 Å². The van der Waals surface area contributed by atoms with Crippen molar-refractivity contribution in [3.05, 3.63) is 29.8 Å². The van der Waals surface area contributed by atoms with Gasteiger partial charge in [-0.25, -0.2) is 8.42 Å². The first-order valence-corrected chi connectivity index (χ1v) is 10.7. The van der Waals surface area contributed by atoms with Crippen LogP contribution in [0.15, 0.2) is 29.2 Å². The quantitative estimate of drug-likeness (QED) is 0.430. The van der Waals surface area contributed by atoms with Gasteiger partial charge in [0.25, 0.3) is 0 Å². The van der Waals surface area contributed by atoms with Crippen molar-refractivity contribution in [1.82, 2.24) is 9.62 Å². The van der Waals surface area contributed by atoms with Gasteiger partial charge in [0.15, 0.2) is 0 Å². The fourth-order valence-electron chi connectivity index (χ4n) is 2.61. The predicted octanol–water partition coefficient (Wildman–Crippen LogP) is 2.11. The third kappa shape index (κ3) is 7.68. The Balaban J connectivity index is 2.41. The number of nitrogens with one attached hydrogen (secondary N) is 1. The summed E-state index contributed by atoms with van der Waals surface area (Å²) in [6.45, 7) is 5.00. The number of carbonyl (C=O) groups excluding carboxylic acids is 2. The van der Waals surface area contributed by atoms with Gasteiger partial charge in [0.2, 0.25) is 15.9 Å². The average Bonchev–Trinajstić information content (AvgIpc) is 2.66. The molecule has 0 aliphatic carbocycles. The van der Waals surface area contributed by atoms with Crippen molar-refractivity contribution in [1.29, 1.82) is 0 Å². The van der Waals surface area contributed by atoms with E-state index in [0.29, 0.717) is 45.3 Å². The minimum atomic E-state index is -3.45. The van der Waals surface area contributed by atoms with Crippen molar-refractivity contribution >= 4 is 21.9 Å². The van der Waals surface area contributed by atoms with E-state index in [-0.39, 0.29) is 16.8 Å². The van der Waals surface area contributed by atoms with Crippen LogP contribution < -0.4 is 5.32 Å². The lowest BCUT2D eigenvalue weighted by Crippen LogP contribution is -2.30. The first-order chi connectivity index (χ1) is 12.8. The van der Waals surface area contributed by atoms with Crippen molar-refractivity contribution in [3.63, 3.8) is 0 Å². The molecule has 27 heavy (non-hydrogen) atoms. The maximum absolute atomic E-state index is 12.4. The molecule has 8 heteroatoms. The number of methoxy groups -OCH3 is 1. The van der Waals surface area contributed by atoms with Crippen LogP contribution in [0, 0.1) is 0 Å². The molecule has 0 spiro atoms. The smallest absolute Gasteiger partial charge is 0.305 e. The summed E-state index contributed by atoms with van der Waals surface area (Å²) >= 11 is 0. The molecule has 152 valence electrons. The van der Waals surface area contributed by atoms with E-state index in [1.165, 1.54) is 11.4 Å². The molecule has 0 unspecified atom stereocenters. The zero-order valence-corrected chi connectivity index (χ0v) is 17.2. The van der Waals surface area contributed by atoms with E-state index in [1.807, 2.05) is 13.8 Å². The number of rotatable bonds is 12. The summed E-state index contributed by atoms with van der Waals surface area (Å²) < 4.78 is 30.8. The Kier molecular flexibility index (Phi) is 10.0. The molecule has 1 aromatic rings. The molecule has 1 aromatic carbocycles. The van der Waals surface area contributed by atoms with Crippen LogP contribution >= 0.6 is 0 Å². The summed E-state index contributed by atoms with van der Waals surface area (Å²) in [5.41, 5.74) is 0.911. The fraction of sp³-hybridized carbons (Fsp3) is 0.579. The van der Waals surface area contributed by atoms with Crippen LogP contribution in [0.5, 0.6) is 0 Å². The van der Waals surface area contributed by atoms with Crippen molar-refractivity contribution < 1.29 is 22.7 Å². The van der Waals surface area contributed by atoms with Crippen molar-refractivity contribution in [3.8, 4) is 0 Å². The van der Waals surface area contributed by atoms with Crippen LogP contribution in [0.3, 0.4) is 0 Å². The first-order valence-electron chi connectivity index (χ1n) is 9.27. The van der Waals surface area contributed by atoms with E-state index in [2.05, 4.69) is 10.1 Å². The minimum absolute atomic E-state index is 0.0621. The second-order valence-electron chi connectivity index (χ2n) is 6.12. The molecule has 0 saturated carbocycles. The van der Waals surface area contributed by atoms with Crippen LogP contribution in [0.1, 0.15) is 45.1 Å². The molecule has 7 nitrogen and oxygen atoms in total. The highest BCUT2D eigenvalue weighted by atomic mass is 32.2. The molecule has 1 N–H and O–H groups in total. The molecule has 1 rings (SSSR count). The predicted molar refractivity (Wildman–Crippen MR) is 104 cm³/mol. The van der Waals surface area contributed by atoms with Crippen LogP contribution in [0.2, 0.25) is 0 Å². The Bertz CT molecular complexity index is 697. The molecule has 0 saturated heterocycles. The molecule has 0 heterocycles. The number of carbonyl (C=O) groups is 2. The lowest BCUT2D eigenvalue weighted by Gasteiger charge is -2.18. The molecule has 0 aliphatic heterocycles. The van der Waals surface area contributed by atoms with Crippen molar-refractivity contribution in [2.75, 3.05) is 26.7 Å². The molecule has 1 amide bonds. The van der Waals surface area contributed by atoms with Gasteiger partial charge in [0.1, 0.15) is 0 Å². The lowest BCUT2D eigenvalue weighted by atomic mass is 10.1. The number of benzene rings is 1. The second kappa shape index (κ2) is 11.7. The summed E-state index contributed by atoms with van der Waals surface area (Å²) in [5.74, 6) is -0.305. The molecular formula is C19H30N2O5S. The van der Waals surface area contributed by atoms with E-state index in [4.69, 9.17) is 0 Å². The Morgan fingerprint density at radius 3 is 2.22 bits per heavy atom. The number of esters is 1. The number of hydrogen-bond donors (Lipinski definition) is 1. The van der Waals surface area contributed by atoms with Crippen molar-refractivity contribution in [2.24, 2.45) is 0 Å². The lowest BCUT2D eigenvalue weighted by molar-refractivity contribution is -0.140. The van der Waals surface area contributed by atoms with Gasteiger partial charge in [-0.2, -0.15) is 4.31 Å². The number of unbranched alkanes of at least 4 members (excludes halogenated alkanes) is 1. The molecule has 0 aromatic heterocycles. The number of sulfonamides is 1. The number of aryl methyl sites for hydroxylation is 1. The zero-order valence-electron chi connectivity index (χ0n) is 16.4. The number of ether oxygens (including phenoxy) is 1. The molecule has 0 bridgehead atoms. The SMILES string of the molecule is CCN(CC)S(=O)(=O)c1ccc(CCC(=O)NCCCCC(=O)OC)cc1. The maximum atomic E-state index is 12.4. The highest BCUT2D eigenvalue weighted by Crippen LogP contribution is 2.16. The van der Waals surface area contributed by atoms with Crippen LogP contribution in [0.4, 0.5) is 0 Å². The Hall–Kier alpha value is -1.93. The Labute approximate surface area is 162 Å². The molecule has 0 fully saturated rings. The van der Waals surface area contributed by atoms with Gasteiger partial charge < -0.3 is 10.1 Å². The van der Waals surface area contributed by atoms with E-state index < -0.39 is 10.0 Å². The van der Waals surface area contributed by atoms with E-state index >= 15 is 0 Å². The fourth-order valence-corrected chi connectivity index (χ4v) is 4.07. The average molecular weight is 399 g/mol. The summed E-state index contributed by atoms with van der Waals surface area (Å²) in [6.07, 6.45) is 2.63. The first kappa shape index (κ1) is 23.1. The molecule has 0 aliphatic rings. The highest BCUT2D eigenvalue weighted by molar-refractivity contribution is 7.89. The summed E-state index contributed by atoms with van der Waals surface area (Å²) in [5, 5.41) is 2.82. The van der Waals surface area contributed by atoms with E-state index in [0.717, 1.165) is 12.0 Å². The van der Waals surface area contributed by atoms with Gasteiger partial charge in [0.05, 0.1) is 12.0 Å². The zero-order chi connectivity index (χ0) is 20.3. The third-order valence-electron chi connectivity index (χ3n) is 4.26. The Morgan fingerprint density at radius 2 is 1.67 bits per heavy atom. The monoisotopic (exact) mass is 398 g/mol. The van der Waals surface area contributed by atoms with E-state index in [9.17, 15) is 18.0 Å². The molecule has 0 radical (unpaired) electrons. The van der Waals surface area contributed by atoms with Crippen LogP contribution in [-0.4, -0.2) is 51.3 Å². The van der Waals surface area contributed by atoms with E-state index in [1.54, 1.807) is 24.3 Å². The topological polar surface area (TPSA) is 92.8 Å². The van der Waals surface area contributed by atoms with Gasteiger partial charge in [0, 0.05) is 32.5 Å². The minimum Gasteiger partial charge on any atom is -0.469 e. The van der Waals surface area contributed by atoms with Crippen LogP contribution in [0.25, 0.3) is 0 Å². The van der Waals surface area contributed by atoms with Gasteiger partial charge >= 0.3 is 5.97 Å². The Morgan fingerprint density at radius 1 is 1.04 bits per heavy atom. The maximum Gasteiger partial charge on any atom is 0.305 e. The summed E-state index contributed by atoms with van der Waals surface area (Å²) in [6, 6.07) is 6.68. The number of nitrogens with zero attached hydrogens (tertiary/aromatic N) is 1.